The van der Waals surface area contributed by atoms with Crippen LogP contribution in [0.25, 0.3) is 0 Å². The Morgan fingerprint density at radius 3 is 2.26 bits per heavy atom. The van der Waals surface area contributed by atoms with Gasteiger partial charge in [0.1, 0.15) is 5.75 Å². The third-order valence-electron chi connectivity index (χ3n) is 3.52. The summed E-state index contributed by atoms with van der Waals surface area (Å²) < 4.78 is 5.38. The van der Waals surface area contributed by atoms with Crippen LogP contribution in [-0.4, -0.2) is 14.2 Å². The lowest BCUT2D eigenvalue weighted by molar-refractivity contribution is 0.411. The maximum absolute atomic E-state index is 5.38. The monoisotopic (exact) mass is 255 g/mol. The number of ether oxygens (including phenoxy) is 1. The first-order chi connectivity index (χ1) is 9.17. The van der Waals surface area contributed by atoms with Crippen LogP contribution in [0.5, 0.6) is 5.75 Å². The fraction of sp³-hybridized carbons (Fsp3) is 0.294. The quantitative estimate of drug-likeness (QED) is 0.901. The van der Waals surface area contributed by atoms with Gasteiger partial charge in [-0.1, -0.05) is 36.4 Å². The van der Waals surface area contributed by atoms with Gasteiger partial charge in [0.2, 0.25) is 0 Å². The third kappa shape index (κ3) is 2.79. The van der Waals surface area contributed by atoms with Gasteiger partial charge in [0.25, 0.3) is 0 Å². The van der Waals surface area contributed by atoms with Crippen LogP contribution in [0.3, 0.4) is 0 Å². The molecule has 2 aromatic carbocycles. The molecule has 2 heteroatoms. The first-order valence-corrected chi connectivity index (χ1v) is 6.54. The molecule has 19 heavy (non-hydrogen) atoms. The SMILES string of the molecule is CNC(c1ccccc1)c1cc(C)c(OC)cc1C. The minimum Gasteiger partial charge on any atom is -0.496 e. The molecule has 2 nitrogen and oxygen atoms in total. The van der Waals surface area contributed by atoms with Gasteiger partial charge in [0.15, 0.2) is 0 Å². The molecule has 2 aromatic rings. The van der Waals surface area contributed by atoms with E-state index in [0.29, 0.717) is 0 Å². The van der Waals surface area contributed by atoms with E-state index in [1.165, 1.54) is 22.3 Å². The molecule has 0 saturated heterocycles. The van der Waals surface area contributed by atoms with Gasteiger partial charge in [-0.2, -0.15) is 0 Å². The van der Waals surface area contributed by atoms with Crippen molar-refractivity contribution in [3.63, 3.8) is 0 Å². The lowest BCUT2D eigenvalue weighted by Crippen LogP contribution is -2.18. The Labute approximate surface area is 115 Å². The molecule has 0 amide bonds. The number of rotatable bonds is 4. The average molecular weight is 255 g/mol. The summed E-state index contributed by atoms with van der Waals surface area (Å²) in [5.41, 5.74) is 4.98. The van der Waals surface area contributed by atoms with Crippen LogP contribution in [0.4, 0.5) is 0 Å². The summed E-state index contributed by atoms with van der Waals surface area (Å²) in [5, 5.41) is 3.40. The molecular weight excluding hydrogens is 234 g/mol. The predicted molar refractivity (Wildman–Crippen MR) is 79.8 cm³/mol. The number of hydrogen-bond acceptors (Lipinski definition) is 2. The van der Waals surface area contributed by atoms with Crippen molar-refractivity contribution in [1.29, 1.82) is 0 Å². The van der Waals surface area contributed by atoms with Gasteiger partial charge < -0.3 is 10.1 Å². The lowest BCUT2D eigenvalue weighted by atomic mass is 9.93. The molecule has 0 heterocycles. The van der Waals surface area contributed by atoms with Gasteiger partial charge in [0, 0.05) is 0 Å². The van der Waals surface area contributed by atoms with Crippen molar-refractivity contribution in [2.45, 2.75) is 19.9 Å². The highest BCUT2D eigenvalue weighted by Crippen LogP contribution is 2.29. The lowest BCUT2D eigenvalue weighted by Gasteiger charge is -2.21. The molecule has 0 radical (unpaired) electrons. The fourth-order valence-corrected chi connectivity index (χ4v) is 2.49. The molecule has 0 fully saturated rings. The van der Waals surface area contributed by atoms with Crippen molar-refractivity contribution in [2.75, 3.05) is 14.2 Å². The number of methoxy groups -OCH3 is 1. The van der Waals surface area contributed by atoms with Crippen molar-refractivity contribution in [1.82, 2.24) is 5.32 Å². The largest absolute Gasteiger partial charge is 0.496 e. The smallest absolute Gasteiger partial charge is 0.122 e. The zero-order chi connectivity index (χ0) is 13.8. The Hall–Kier alpha value is -1.80. The molecule has 100 valence electrons. The zero-order valence-electron chi connectivity index (χ0n) is 12.0. The van der Waals surface area contributed by atoms with Crippen molar-refractivity contribution in [2.24, 2.45) is 0 Å². The van der Waals surface area contributed by atoms with Crippen molar-refractivity contribution in [3.8, 4) is 5.75 Å². The van der Waals surface area contributed by atoms with Crippen molar-refractivity contribution >= 4 is 0 Å². The second-order valence-corrected chi connectivity index (χ2v) is 4.81. The van der Waals surface area contributed by atoms with Crippen molar-refractivity contribution < 1.29 is 4.74 Å². The van der Waals surface area contributed by atoms with Crippen LogP contribution in [0.2, 0.25) is 0 Å². The van der Waals surface area contributed by atoms with E-state index in [9.17, 15) is 0 Å². The highest BCUT2D eigenvalue weighted by atomic mass is 16.5. The van der Waals surface area contributed by atoms with Crippen LogP contribution >= 0.6 is 0 Å². The first-order valence-electron chi connectivity index (χ1n) is 6.54. The van der Waals surface area contributed by atoms with E-state index >= 15 is 0 Å². The zero-order valence-corrected chi connectivity index (χ0v) is 12.0. The first kappa shape index (κ1) is 13.6. The van der Waals surface area contributed by atoms with Crippen LogP contribution < -0.4 is 10.1 Å². The Balaban J connectivity index is 2.47. The highest BCUT2D eigenvalue weighted by molar-refractivity contribution is 5.45. The van der Waals surface area contributed by atoms with E-state index < -0.39 is 0 Å². The van der Waals surface area contributed by atoms with Gasteiger partial charge in [-0.15, -0.1) is 0 Å². The minimum absolute atomic E-state index is 0.214. The van der Waals surface area contributed by atoms with E-state index in [4.69, 9.17) is 4.74 Å². The Morgan fingerprint density at radius 1 is 1.00 bits per heavy atom. The molecule has 1 atom stereocenters. The van der Waals surface area contributed by atoms with Crippen LogP contribution in [-0.2, 0) is 0 Å². The number of aryl methyl sites for hydroxylation is 2. The highest BCUT2D eigenvalue weighted by Gasteiger charge is 2.15. The van der Waals surface area contributed by atoms with Crippen LogP contribution in [0, 0.1) is 13.8 Å². The van der Waals surface area contributed by atoms with E-state index in [2.05, 4.69) is 55.6 Å². The van der Waals surface area contributed by atoms with E-state index in [-0.39, 0.29) is 6.04 Å². The standard InChI is InChI=1S/C17H21NO/c1-12-11-16(19-4)13(2)10-15(12)17(18-3)14-8-6-5-7-9-14/h5-11,17-18H,1-4H3. The summed E-state index contributed by atoms with van der Waals surface area (Å²) in [7, 11) is 3.71. The normalized spacial score (nSPS) is 12.2. The third-order valence-corrected chi connectivity index (χ3v) is 3.52. The number of hydrogen-bond donors (Lipinski definition) is 1. The molecule has 0 aliphatic heterocycles. The molecular formula is C17H21NO. The Kier molecular flexibility index (Phi) is 4.23. The second-order valence-electron chi connectivity index (χ2n) is 4.81. The molecule has 0 spiro atoms. The van der Waals surface area contributed by atoms with Gasteiger partial charge in [-0.3, -0.25) is 0 Å². The van der Waals surface area contributed by atoms with E-state index in [1.807, 2.05) is 13.1 Å². The maximum atomic E-state index is 5.38. The topological polar surface area (TPSA) is 21.3 Å². The molecule has 1 unspecified atom stereocenters. The Bertz CT molecular complexity index is 549. The number of benzene rings is 2. The molecule has 0 aliphatic carbocycles. The van der Waals surface area contributed by atoms with Gasteiger partial charge in [0.05, 0.1) is 13.2 Å². The summed E-state index contributed by atoms with van der Waals surface area (Å²) in [4.78, 5) is 0. The summed E-state index contributed by atoms with van der Waals surface area (Å²) >= 11 is 0. The van der Waals surface area contributed by atoms with Crippen molar-refractivity contribution in [3.05, 3.63) is 64.7 Å². The summed E-state index contributed by atoms with van der Waals surface area (Å²) in [6, 6.07) is 15.0. The molecule has 0 aromatic heterocycles. The average Bonchev–Trinajstić information content (AvgIpc) is 2.44. The van der Waals surface area contributed by atoms with Crippen LogP contribution in [0.15, 0.2) is 42.5 Å². The van der Waals surface area contributed by atoms with Gasteiger partial charge in [-0.05, 0) is 49.2 Å². The van der Waals surface area contributed by atoms with Crippen LogP contribution in [0.1, 0.15) is 28.3 Å². The molecule has 0 bridgehead atoms. The van der Waals surface area contributed by atoms with Gasteiger partial charge in [-0.25, -0.2) is 0 Å². The van der Waals surface area contributed by atoms with E-state index in [0.717, 1.165) is 5.75 Å². The van der Waals surface area contributed by atoms with Gasteiger partial charge >= 0.3 is 0 Å². The second kappa shape index (κ2) is 5.89. The molecule has 0 saturated carbocycles. The fourth-order valence-electron chi connectivity index (χ4n) is 2.49. The molecule has 0 aliphatic rings. The predicted octanol–water partition coefficient (Wildman–Crippen LogP) is 3.62. The summed E-state index contributed by atoms with van der Waals surface area (Å²) in [6.07, 6.45) is 0. The maximum Gasteiger partial charge on any atom is 0.122 e. The summed E-state index contributed by atoms with van der Waals surface area (Å²) in [6.45, 7) is 4.21. The summed E-state index contributed by atoms with van der Waals surface area (Å²) in [5.74, 6) is 0.948. The van der Waals surface area contributed by atoms with E-state index in [1.54, 1.807) is 7.11 Å². The Morgan fingerprint density at radius 2 is 1.68 bits per heavy atom. The molecule has 2 rings (SSSR count). The number of nitrogens with one attached hydrogen (secondary N) is 1. The molecule has 1 N–H and O–H groups in total. The minimum atomic E-state index is 0.214.